The Morgan fingerprint density at radius 1 is 1.17 bits per heavy atom. The summed E-state index contributed by atoms with van der Waals surface area (Å²) in [6, 6.07) is 6.95. The Morgan fingerprint density at radius 2 is 1.88 bits per heavy atom. The summed E-state index contributed by atoms with van der Waals surface area (Å²) >= 11 is 0. The van der Waals surface area contributed by atoms with Crippen molar-refractivity contribution in [1.29, 1.82) is 0 Å². The molecule has 0 saturated heterocycles. The molecule has 3 aromatic rings. The molecule has 3 nitrogen and oxygen atoms in total. The van der Waals surface area contributed by atoms with E-state index in [0.717, 1.165) is 18.9 Å². The molecule has 0 aliphatic heterocycles. The lowest BCUT2D eigenvalue weighted by Gasteiger charge is -2.11. The molecule has 1 saturated carbocycles. The highest BCUT2D eigenvalue weighted by atomic mass is 19.4. The standard InChI is InChI=1S/C17H13F4N3/c1-9-15-11(17(19,20)21)8-13(10-6-7-10)22-16(15)24(23-9)14-5-3-2-4-12(14)18/h2-5,8,10H,6-7H2,1H3. The predicted octanol–water partition coefficient (Wildman–Crippen LogP) is 4.76. The van der Waals surface area contributed by atoms with Crippen LogP contribution in [-0.4, -0.2) is 14.8 Å². The molecule has 1 aliphatic carbocycles. The van der Waals surface area contributed by atoms with Crippen molar-refractivity contribution < 1.29 is 17.6 Å². The van der Waals surface area contributed by atoms with E-state index >= 15 is 0 Å². The minimum Gasteiger partial charge on any atom is -0.233 e. The second kappa shape index (κ2) is 5.03. The first-order chi connectivity index (χ1) is 11.4. The van der Waals surface area contributed by atoms with Crippen molar-refractivity contribution in [3.63, 3.8) is 0 Å². The van der Waals surface area contributed by atoms with E-state index in [0.29, 0.717) is 5.69 Å². The van der Waals surface area contributed by atoms with Crippen molar-refractivity contribution >= 4 is 11.0 Å². The van der Waals surface area contributed by atoms with E-state index in [9.17, 15) is 17.6 Å². The minimum absolute atomic E-state index is 0.0415. The Morgan fingerprint density at radius 3 is 2.50 bits per heavy atom. The number of hydrogen-bond acceptors (Lipinski definition) is 2. The van der Waals surface area contributed by atoms with Gasteiger partial charge in [-0.3, -0.25) is 0 Å². The maximum absolute atomic E-state index is 14.1. The summed E-state index contributed by atoms with van der Waals surface area (Å²) in [4.78, 5) is 4.38. The number of rotatable bonds is 2. The number of nitrogens with zero attached hydrogens (tertiary/aromatic N) is 3. The third kappa shape index (κ3) is 2.35. The molecule has 0 spiro atoms. The Hall–Kier alpha value is -2.44. The van der Waals surface area contributed by atoms with Crippen LogP contribution in [0.2, 0.25) is 0 Å². The number of fused-ring (bicyclic) bond motifs is 1. The van der Waals surface area contributed by atoms with Gasteiger partial charge >= 0.3 is 6.18 Å². The molecule has 24 heavy (non-hydrogen) atoms. The molecule has 0 bridgehead atoms. The van der Waals surface area contributed by atoms with E-state index in [4.69, 9.17) is 0 Å². The first-order valence-corrected chi connectivity index (χ1v) is 7.58. The van der Waals surface area contributed by atoms with Crippen molar-refractivity contribution in [3.8, 4) is 5.69 Å². The van der Waals surface area contributed by atoms with E-state index in [1.54, 1.807) is 6.07 Å². The van der Waals surface area contributed by atoms with Crippen LogP contribution in [-0.2, 0) is 6.18 Å². The molecule has 0 radical (unpaired) electrons. The number of hydrogen-bond donors (Lipinski definition) is 0. The van der Waals surface area contributed by atoms with Crippen molar-refractivity contribution in [2.75, 3.05) is 0 Å². The highest BCUT2D eigenvalue weighted by Gasteiger charge is 2.37. The summed E-state index contributed by atoms with van der Waals surface area (Å²) in [6.07, 6.45) is -2.87. The van der Waals surface area contributed by atoms with Gasteiger partial charge in [-0.1, -0.05) is 12.1 Å². The second-order valence-corrected chi connectivity index (χ2v) is 6.01. The molecule has 1 aromatic carbocycles. The molecule has 0 amide bonds. The van der Waals surface area contributed by atoms with Gasteiger partial charge in [0.2, 0.25) is 0 Å². The van der Waals surface area contributed by atoms with Gasteiger partial charge < -0.3 is 0 Å². The molecule has 2 heterocycles. The fourth-order valence-electron chi connectivity index (χ4n) is 2.91. The topological polar surface area (TPSA) is 30.7 Å². The quantitative estimate of drug-likeness (QED) is 0.632. The van der Waals surface area contributed by atoms with Crippen LogP contribution in [0.3, 0.4) is 0 Å². The highest BCUT2D eigenvalue weighted by Crippen LogP contribution is 2.43. The predicted molar refractivity (Wildman–Crippen MR) is 80.5 cm³/mol. The Kier molecular flexibility index (Phi) is 3.16. The summed E-state index contributed by atoms with van der Waals surface area (Å²) in [5.41, 5.74) is -0.0456. The number of aryl methyl sites for hydroxylation is 1. The largest absolute Gasteiger partial charge is 0.417 e. The van der Waals surface area contributed by atoms with Crippen molar-refractivity contribution in [2.24, 2.45) is 0 Å². The van der Waals surface area contributed by atoms with Crippen LogP contribution in [0.4, 0.5) is 17.6 Å². The molecule has 0 unspecified atom stereocenters. The van der Waals surface area contributed by atoms with Crippen molar-refractivity contribution in [3.05, 3.63) is 53.1 Å². The normalized spacial score (nSPS) is 15.2. The van der Waals surface area contributed by atoms with Gasteiger partial charge in [-0.05, 0) is 38.0 Å². The smallest absolute Gasteiger partial charge is 0.233 e. The molecule has 0 N–H and O–H groups in total. The maximum Gasteiger partial charge on any atom is 0.417 e. The zero-order valence-electron chi connectivity index (χ0n) is 12.7. The molecule has 7 heteroatoms. The van der Waals surface area contributed by atoms with Crippen molar-refractivity contribution in [1.82, 2.24) is 14.8 Å². The molecule has 4 rings (SSSR count). The lowest BCUT2D eigenvalue weighted by Crippen LogP contribution is -2.09. The van der Waals surface area contributed by atoms with E-state index < -0.39 is 17.6 Å². The fraction of sp³-hybridized carbons (Fsp3) is 0.294. The van der Waals surface area contributed by atoms with Crippen LogP contribution < -0.4 is 0 Å². The average molecular weight is 335 g/mol. The average Bonchev–Trinajstić information content (AvgIpc) is 3.31. The van der Waals surface area contributed by atoms with E-state index in [2.05, 4.69) is 10.1 Å². The number of halogens is 4. The summed E-state index contributed by atoms with van der Waals surface area (Å²) in [5, 5.41) is 4.06. The number of benzene rings is 1. The lowest BCUT2D eigenvalue weighted by atomic mass is 10.1. The van der Waals surface area contributed by atoms with E-state index in [-0.39, 0.29) is 28.3 Å². The van der Waals surface area contributed by atoms with Crippen molar-refractivity contribution in [2.45, 2.75) is 31.9 Å². The van der Waals surface area contributed by atoms with Crippen LogP contribution in [0, 0.1) is 12.7 Å². The zero-order chi connectivity index (χ0) is 17.1. The van der Waals surface area contributed by atoms with Crippen LogP contribution in [0.15, 0.2) is 30.3 Å². The van der Waals surface area contributed by atoms with E-state index in [1.165, 1.54) is 29.8 Å². The minimum atomic E-state index is -4.52. The first-order valence-electron chi connectivity index (χ1n) is 7.58. The zero-order valence-corrected chi connectivity index (χ0v) is 12.7. The third-order valence-corrected chi connectivity index (χ3v) is 4.21. The summed E-state index contributed by atoms with van der Waals surface area (Å²) in [7, 11) is 0. The number of para-hydroxylation sites is 1. The lowest BCUT2D eigenvalue weighted by molar-refractivity contribution is -0.136. The monoisotopic (exact) mass is 335 g/mol. The number of alkyl halides is 3. The van der Waals surface area contributed by atoms with E-state index in [1.807, 2.05) is 0 Å². The fourth-order valence-corrected chi connectivity index (χ4v) is 2.91. The number of aromatic nitrogens is 3. The Balaban J connectivity index is 2.07. The molecule has 1 aliphatic rings. The van der Waals surface area contributed by atoms with Crippen LogP contribution >= 0.6 is 0 Å². The summed E-state index contributed by atoms with van der Waals surface area (Å²) in [6.45, 7) is 1.48. The van der Waals surface area contributed by atoms with Gasteiger partial charge in [-0.25, -0.2) is 14.1 Å². The molecule has 0 atom stereocenters. The Labute approximate surface area is 134 Å². The summed E-state index contributed by atoms with van der Waals surface area (Å²) in [5.74, 6) is -0.520. The van der Waals surface area contributed by atoms with Crippen LogP contribution in [0.1, 0.15) is 35.7 Å². The maximum atomic E-state index is 14.1. The molecular weight excluding hydrogens is 322 g/mol. The van der Waals surface area contributed by atoms with Gasteiger partial charge in [0.25, 0.3) is 0 Å². The summed E-state index contributed by atoms with van der Waals surface area (Å²) < 4.78 is 55.8. The first kappa shape index (κ1) is 15.1. The third-order valence-electron chi connectivity index (χ3n) is 4.21. The second-order valence-electron chi connectivity index (χ2n) is 6.01. The van der Waals surface area contributed by atoms with Gasteiger partial charge in [-0.2, -0.15) is 18.3 Å². The highest BCUT2D eigenvalue weighted by molar-refractivity contribution is 5.84. The molecule has 1 fully saturated rings. The molecular formula is C17H13F4N3. The van der Waals surface area contributed by atoms with Gasteiger partial charge in [-0.15, -0.1) is 0 Å². The molecule has 2 aromatic heterocycles. The SMILES string of the molecule is Cc1nn(-c2ccccc2F)c2nc(C3CC3)cc(C(F)(F)F)c12. The Bertz CT molecular complexity index is 939. The number of pyridine rings is 1. The van der Waals surface area contributed by atoms with Crippen LogP contribution in [0.5, 0.6) is 0 Å². The molecule has 124 valence electrons. The van der Waals surface area contributed by atoms with Gasteiger partial charge in [0, 0.05) is 11.6 Å². The van der Waals surface area contributed by atoms with Gasteiger partial charge in [0.1, 0.15) is 11.5 Å². The van der Waals surface area contributed by atoms with Crippen LogP contribution in [0.25, 0.3) is 16.7 Å². The van der Waals surface area contributed by atoms with Gasteiger partial charge in [0.15, 0.2) is 5.65 Å². The van der Waals surface area contributed by atoms with Gasteiger partial charge in [0.05, 0.1) is 16.6 Å².